The van der Waals surface area contributed by atoms with Crippen molar-refractivity contribution in [2.24, 2.45) is 11.8 Å². The van der Waals surface area contributed by atoms with Crippen LogP contribution in [0.4, 0.5) is 4.39 Å². The number of halogens is 1. The number of rotatable bonds is 3. The van der Waals surface area contributed by atoms with Crippen molar-refractivity contribution in [1.29, 1.82) is 0 Å². The van der Waals surface area contributed by atoms with Crippen LogP contribution in [0.5, 0.6) is 0 Å². The first-order valence-corrected chi connectivity index (χ1v) is 7.93. The van der Waals surface area contributed by atoms with E-state index in [-0.39, 0.29) is 17.9 Å². The van der Waals surface area contributed by atoms with Crippen LogP contribution in [0.3, 0.4) is 0 Å². The molecule has 0 aromatic heterocycles. The van der Waals surface area contributed by atoms with Crippen LogP contribution in [0.2, 0.25) is 0 Å². The van der Waals surface area contributed by atoms with Gasteiger partial charge in [-0.25, -0.2) is 4.39 Å². The summed E-state index contributed by atoms with van der Waals surface area (Å²) in [7, 11) is 0. The smallest absolute Gasteiger partial charge is 0.238 e. The van der Waals surface area contributed by atoms with E-state index in [1.54, 1.807) is 6.07 Å². The maximum atomic E-state index is 13.4. The molecule has 1 aromatic rings. The van der Waals surface area contributed by atoms with Crippen molar-refractivity contribution in [2.75, 3.05) is 13.1 Å². The summed E-state index contributed by atoms with van der Waals surface area (Å²) in [6, 6.07) is 6.55. The fraction of sp³-hybridized carbons (Fsp3) is 0.588. The van der Waals surface area contributed by atoms with E-state index in [4.69, 9.17) is 0 Å². The van der Waals surface area contributed by atoms with Crippen molar-refractivity contribution in [2.45, 2.75) is 38.8 Å². The van der Waals surface area contributed by atoms with Crippen LogP contribution in [0.1, 0.15) is 44.3 Å². The predicted octanol–water partition coefficient (Wildman–Crippen LogP) is 3.08. The number of benzene rings is 1. The van der Waals surface area contributed by atoms with Crippen LogP contribution in [-0.4, -0.2) is 23.9 Å². The molecule has 1 aliphatic heterocycles. The molecule has 1 N–H and O–H groups in total. The number of carbonyl (C=O) groups is 1. The Balaban J connectivity index is 1.76. The Hall–Kier alpha value is -1.42. The Kier molecular flexibility index (Phi) is 4.24. The lowest BCUT2D eigenvalue weighted by Gasteiger charge is -2.34. The van der Waals surface area contributed by atoms with Gasteiger partial charge in [0, 0.05) is 6.54 Å². The highest BCUT2D eigenvalue weighted by Gasteiger charge is 2.34. The molecule has 1 saturated heterocycles. The molecular weight excluding hydrogens is 267 g/mol. The van der Waals surface area contributed by atoms with Crippen LogP contribution >= 0.6 is 0 Å². The van der Waals surface area contributed by atoms with Gasteiger partial charge in [-0.3, -0.25) is 10.1 Å². The number of amides is 1. The van der Waals surface area contributed by atoms with E-state index in [1.165, 1.54) is 37.8 Å². The predicted molar refractivity (Wildman–Crippen MR) is 80.0 cm³/mol. The first-order chi connectivity index (χ1) is 10.1. The largest absolute Gasteiger partial charge is 0.322 e. The average Bonchev–Trinajstić information content (AvgIpc) is 2.83. The maximum Gasteiger partial charge on any atom is 0.238 e. The van der Waals surface area contributed by atoms with Crippen LogP contribution in [0, 0.1) is 17.7 Å². The zero-order valence-electron chi connectivity index (χ0n) is 12.5. The molecule has 0 spiro atoms. The van der Waals surface area contributed by atoms with E-state index in [0.717, 1.165) is 12.1 Å². The van der Waals surface area contributed by atoms with Gasteiger partial charge in [-0.1, -0.05) is 38.3 Å². The van der Waals surface area contributed by atoms with E-state index in [9.17, 15) is 9.18 Å². The Morgan fingerprint density at radius 1 is 1.33 bits per heavy atom. The first kappa shape index (κ1) is 14.5. The van der Waals surface area contributed by atoms with E-state index >= 15 is 0 Å². The fourth-order valence-electron chi connectivity index (χ4n) is 3.64. The van der Waals surface area contributed by atoms with Gasteiger partial charge in [-0.2, -0.15) is 0 Å². The van der Waals surface area contributed by atoms with E-state index in [1.807, 2.05) is 11.0 Å². The van der Waals surface area contributed by atoms with Gasteiger partial charge in [0.15, 0.2) is 0 Å². The zero-order chi connectivity index (χ0) is 14.8. The average molecular weight is 290 g/mol. The van der Waals surface area contributed by atoms with Gasteiger partial charge in [-0.05, 0) is 36.0 Å². The lowest BCUT2D eigenvalue weighted by molar-refractivity contribution is -0.129. The molecule has 1 saturated carbocycles. The molecule has 114 valence electrons. The van der Waals surface area contributed by atoms with Crippen LogP contribution in [0.15, 0.2) is 24.3 Å². The van der Waals surface area contributed by atoms with Crippen LogP contribution in [-0.2, 0) is 4.79 Å². The van der Waals surface area contributed by atoms with Crippen molar-refractivity contribution >= 4 is 5.91 Å². The Labute approximate surface area is 125 Å². The van der Waals surface area contributed by atoms with Crippen molar-refractivity contribution in [3.63, 3.8) is 0 Å². The van der Waals surface area contributed by atoms with Crippen molar-refractivity contribution in [1.82, 2.24) is 10.2 Å². The summed E-state index contributed by atoms with van der Waals surface area (Å²) < 4.78 is 13.4. The maximum absolute atomic E-state index is 13.4. The Morgan fingerprint density at radius 2 is 2.14 bits per heavy atom. The van der Waals surface area contributed by atoms with Crippen molar-refractivity contribution in [3.8, 4) is 0 Å². The minimum Gasteiger partial charge on any atom is -0.322 e. The first-order valence-electron chi connectivity index (χ1n) is 7.93. The Bertz CT molecular complexity index is 519. The summed E-state index contributed by atoms with van der Waals surface area (Å²) in [5.41, 5.74) is 0.837. The molecule has 3 rings (SSSR count). The molecule has 2 fully saturated rings. The lowest BCUT2D eigenvalue weighted by atomic mass is 9.80. The summed E-state index contributed by atoms with van der Waals surface area (Å²) >= 11 is 0. The van der Waals surface area contributed by atoms with Crippen molar-refractivity contribution in [3.05, 3.63) is 35.6 Å². The lowest BCUT2D eigenvalue weighted by Crippen LogP contribution is -2.37. The summed E-state index contributed by atoms with van der Waals surface area (Å²) in [6.45, 7) is 3.42. The van der Waals surface area contributed by atoms with Gasteiger partial charge in [0.25, 0.3) is 0 Å². The Morgan fingerprint density at radius 3 is 2.90 bits per heavy atom. The number of nitrogens with one attached hydrogen (secondary N) is 1. The molecule has 1 aliphatic carbocycles. The van der Waals surface area contributed by atoms with E-state index in [2.05, 4.69) is 12.2 Å². The van der Waals surface area contributed by atoms with Gasteiger partial charge in [-0.15, -0.1) is 0 Å². The summed E-state index contributed by atoms with van der Waals surface area (Å²) in [4.78, 5) is 14.1. The number of carbonyl (C=O) groups excluding carboxylic acids is 1. The van der Waals surface area contributed by atoms with E-state index < -0.39 is 0 Å². The molecule has 0 radical (unpaired) electrons. The minimum absolute atomic E-state index is 0.127. The molecule has 3 nitrogen and oxygen atoms in total. The minimum atomic E-state index is -0.250. The highest BCUT2D eigenvalue weighted by molar-refractivity contribution is 5.81. The SMILES string of the molecule is CC1CCCCC1CN1C(=O)CNC1c1cccc(F)c1. The van der Waals surface area contributed by atoms with Gasteiger partial charge < -0.3 is 4.90 Å². The van der Waals surface area contributed by atoms with Gasteiger partial charge in [0.05, 0.1) is 6.54 Å². The summed E-state index contributed by atoms with van der Waals surface area (Å²) in [6.07, 6.45) is 4.83. The van der Waals surface area contributed by atoms with Gasteiger partial charge in [0.2, 0.25) is 5.91 Å². The quantitative estimate of drug-likeness (QED) is 0.928. The van der Waals surface area contributed by atoms with Gasteiger partial charge in [0.1, 0.15) is 12.0 Å². The molecule has 21 heavy (non-hydrogen) atoms. The molecule has 3 unspecified atom stereocenters. The van der Waals surface area contributed by atoms with E-state index in [0.29, 0.717) is 18.4 Å². The molecule has 4 heteroatoms. The van der Waals surface area contributed by atoms with Gasteiger partial charge >= 0.3 is 0 Å². The molecule has 1 aromatic carbocycles. The topological polar surface area (TPSA) is 32.3 Å². The standard InChI is InChI=1S/C17H23FN2O/c1-12-5-2-3-6-14(12)11-20-16(21)10-19-17(20)13-7-4-8-15(18)9-13/h4,7-9,12,14,17,19H,2-3,5-6,10-11H2,1H3. The monoisotopic (exact) mass is 290 g/mol. The summed E-state index contributed by atoms with van der Waals surface area (Å²) in [5, 5.41) is 3.21. The second kappa shape index (κ2) is 6.14. The molecule has 3 atom stereocenters. The molecular formula is C17H23FN2O. The van der Waals surface area contributed by atoms with Crippen LogP contribution in [0.25, 0.3) is 0 Å². The molecule has 0 bridgehead atoms. The normalized spacial score (nSPS) is 29.9. The third-order valence-electron chi connectivity index (χ3n) is 4.96. The van der Waals surface area contributed by atoms with Crippen molar-refractivity contribution < 1.29 is 9.18 Å². The number of nitrogens with zero attached hydrogens (tertiary/aromatic N) is 1. The third kappa shape index (κ3) is 3.10. The second-order valence-corrected chi connectivity index (χ2v) is 6.41. The highest BCUT2D eigenvalue weighted by atomic mass is 19.1. The molecule has 2 aliphatic rings. The third-order valence-corrected chi connectivity index (χ3v) is 4.96. The fourth-order valence-corrected chi connectivity index (χ4v) is 3.64. The molecule has 1 heterocycles. The summed E-state index contributed by atoms with van der Waals surface area (Å²) in [5.74, 6) is 1.11. The zero-order valence-corrected chi connectivity index (χ0v) is 12.5. The van der Waals surface area contributed by atoms with Crippen LogP contribution < -0.4 is 5.32 Å². The number of hydrogen-bond donors (Lipinski definition) is 1. The second-order valence-electron chi connectivity index (χ2n) is 6.41. The number of hydrogen-bond acceptors (Lipinski definition) is 2. The molecule has 1 amide bonds. The highest BCUT2D eigenvalue weighted by Crippen LogP contribution is 2.33.